The van der Waals surface area contributed by atoms with Gasteiger partial charge in [0, 0.05) is 31.7 Å². The average Bonchev–Trinajstić information content (AvgIpc) is 2.70. The molecule has 2 fully saturated rings. The molecule has 0 unspecified atom stereocenters. The molecule has 166 valence electrons. The predicted octanol–water partition coefficient (Wildman–Crippen LogP) is 3.51. The molecule has 2 atom stereocenters. The zero-order valence-corrected chi connectivity index (χ0v) is 19.2. The molecule has 0 aromatic heterocycles. The fraction of sp³-hybridized carbons (Fsp3) is 0.667. The van der Waals surface area contributed by atoms with Crippen LogP contribution in [0, 0.1) is 13.8 Å². The maximum Gasteiger partial charge on any atom is 0.302 e. The molecular weight excluding hydrogens is 378 g/mol. The van der Waals surface area contributed by atoms with Gasteiger partial charge in [0.25, 0.3) is 0 Å². The second-order valence-corrected chi connectivity index (χ2v) is 9.18. The van der Waals surface area contributed by atoms with E-state index >= 15 is 0 Å². The number of ether oxygens (including phenoxy) is 1. The summed E-state index contributed by atoms with van der Waals surface area (Å²) < 4.78 is 5.64. The van der Waals surface area contributed by atoms with Gasteiger partial charge in [-0.05, 0) is 71.2 Å². The summed E-state index contributed by atoms with van der Waals surface area (Å²) >= 11 is 0. The third-order valence-corrected chi connectivity index (χ3v) is 7.08. The zero-order chi connectivity index (χ0) is 21.9. The molecule has 0 spiro atoms. The van der Waals surface area contributed by atoms with Gasteiger partial charge in [-0.25, -0.2) is 0 Å². The molecule has 1 aliphatic carbocycles. The number of rotatable bonds is 5. The number of para-hydroxylation sites is 1. The number of amides is 1. The van der Waals surface area contributed by atoms with Crippen molar-refractivity contribution < 1.29 is 14.3 Å². The van der Waals surface area contributed by atoms with E-state index < -0.39 is 5.54 Å². The molecule has 1 aromatic carbocycles. The largest absolute Gasteiger partial charge is 0.461 e. The Bertz CT molecular complexity index is 749. The smallest absolute Gasteiger partial charge is 0.302 e. The summed E-state index contributed by atoms with van der Waals surface area (Å²) in [6.45, 7) is 7.23. The molecule has 0 bridgehead atoms. The molecular formula is C24H37N3O3. The van der Waals surface area contributed by atoms with Crippen molar-refractivity contribution in [2.75, 3.05) is 32.5 Å². The van der Waals surface area contributed by atoms with Crippen LogP contribution in [0.15, 0.2) is 18.2 Å². The number of likely N-dealkylation sites (N-methyl/N-ethyl adjacent to an activating group) is 1. The van der Waals surface area contributed by atoms with Crippen molar-refractivity contribution in [3.63, 3.8) is 0 Å². The quantitative estimate of drug-likeness (QED) is 0.746. The molecule has 1 aliphatic heterocycles. The van der Waals surface area contributed by atoms with E-state index in [0.29, 0.717) is 0 Å². The number of hydrogen-bond acceptors (Lipinski definition) is 5. The Balaban J connectivity index is 1.72. The minimum absolute atomic E-state index is 0.0217. The van der Waals surface area contributed by atoms with Crippen molar-refractivity contribution in [3.8, 4) is 0 Å². The van der Waals surface area contributed by atoms with Crippen molar-refractivity contribution >= 4 is 17.6 Å². The number of benzene rings is 1. The van der Waals surface area contributed by atoms with Crippen molar-refractivity contribution in [2.45, 2.75) is 77.0 Å². The number of aryl methyl sites for hydroxylation is 2. The molecule has 1 heterocycles. The standard InChI is InChI=1S/C24H37N3O3/c1-17-9-8-10-18(2)22(17)25-23(29)24(26(4)5)13-15-27(16-14-24)20-11-6-7-12-21(20)30-19(3)28/h8-10,20-21H,6-7,11-16H2,1-5H3,(H,25,29)/t20-,21-/m1/s1. The summed E-state index contributed by atoms with van der Waals surface area (Å²) in [6.07, 6.45) is 5.78. The minimum Gasteiger partial charge on any atom is -0.461 e. The minimum atomic E-state index is -0.531. The lowest BCUT2D eigenvalue weighted by atomic mass is 9.82. The topological polar surface area (TPSA) is 61.9 Å². The molecule has 6 nitrogen and oxygen atoms in total. The summed E-state index contributed by atoms with van der Waals surface area (Å²) in [4.78, 5) is 29.6. The maximum atomic E-state index is 13.5. The molecule has 30 heavy (non-hydrogen) atoms. The van der Waals surface area contributed by atoms with Crippen molar-refractivity contribution in [2.24, 2.45) is 0 Å². The monoisotopic (exact) mass is 415 g/mol. The Hall–Kier alpha value is -1.92. The van der Waals surface area contributed by atoms with Crippen LogP contribution in [0.3, 0.4) is 0 Å². The normalized spacial score (nSPS) is 24.5. The van der Waals surface area contributed by atoms with Gasteiger partial charge in [-0.1, -0.05) is 24.6 Å². The molecule has 0 radical (unpaired) electrons. The molecule has 1 saturated carbocycles. The lowest BCUT2D eigenvalue weighted by Crippen LogP contribution is -2.62. The van der Waals surface area contributed by atoms with Gasteiger partial charge in [-0.3, -0.25) is 19.4 Å². The molecule has 6 heteroatoms. The van der Waals surface area contributed by atoms with Crippen LogP contribution in [0.5, 0.6) is 0 Å². The number of hydrogen-bond donors (Lipinski definition) is 1. The van der Waals surface area contributed by atoms with Gasteiger partial charge in [0.15, 0.2) is 0 Å². The summed E-state index contributed by atoms with van der Waals surface area (Å²) in [5.74, 6) is -0.121. The van der Waals surface area contributed by atoms with Gasteiger partial charge in [-0.15, -0.1) is 0 Å². The van der Waals surface area contributed by atoms with Crippen LogP contribution in [0.4, 0.5) is 5.69 Å². The average molecular weight is 416 g/mol. The molecule has 3 rings (SSSR count). The SMILES string of the molecule is CC(=O)O[C@@H]1CCCC[C@H]1N1CCC(C(=O)Nc2c(C)cccc2C)(N(C)C)CC1. The Labute approximate surface area is 180 Å². The van der Waals surface area contributed by atoms with Crippen LogP contribution in [-0.4, -0.2) is 66.5 Å². The summed E-state index contributed by atoms with van der Waals surface area (Å²) in [7, 11) is 4.00. The van der Waals surface area contributed by atoms with Crippen molar-refractivity contribution in [1.82, 2.24) is 9.80 Å². The van der Waals surface area contributed by atoms with E-state index in [9.17, 15) is 9.59 Å². The lowest BCUT2D eigenvalue weighted by molar-refractivity contribution is -0.153. The van der Waals surface area contributed by atoms with E-state index in [4.69, 9.17) is 4.74 Å². The van der Waals surface area contributed by atoms with Gasteiger partial charge < -0.3 is 10.1 Å². The van der Waals surface area contributed by atoms with Gasteiger partial charge in [0.2, 0.25) is 5.91 Å². The molecule has 1 aromatic rings. The van der Waals surface area contributed by atoms with Crippen LogP contribution < -0.4 is 5.32 Å². The first kappa shape index (κ1) is 22.8. The summed E-state index contributed by atoms with van der Waals surface area (Å²) in [5.41, 5.74) is 2.56. The third kappa shape index (κ3) is 4.70. The van der Waals surface area contributed by atoms with E-state index in [1.807, 2.05) is 46.1 Å². The van der Waals surface area contributed by atoms with Crippen molar-refractivity contribution in [3.05, 3.63) is 29.3 Å². The summed E-state index contributed by atoms with van der Waals surface area (Å²) in [5, 5.41) is 3.23. The fourth-order valence-corrected chi connectivity index (χ4v) is 5.19. The van der Waals surface area contributed by atoms with Crippen LogP contribution in [0.1, 0.15) is 56.6 Å². The van der Waals surface area contributed by atoms with Gasteiger partial charge in [0.1, 0.15) is 11.6 Å². The Morgan fingerprint density at radius 2 is 1.70 bits per heavy atom. The van der Waals surface area contributed by atoms with Crippen LogP contribution in [0.2, 0.25) is 0 Å². The number of esters is 1. The van der Waals surface area contributed by atoms with Crippen molar-refractivity contribution in [1.29, 1.82) is 0 Å². The molecule has 2 aliphatic rings. The number of carbonyl (C=O) groups excluding carboxylic acids is 2. The van der Waals surface area contributed by atoms with Gasteiger partial charge >= 0.3 is 5.97 Å². The fourth-order valence-electron chi connectivity index (χ4n) is 5.19. The second kappa shape index (κ2) is 9.48. The number of nitrogens with one attached hydrogen (secondary N) is 1. The van der Waals surface area contributed by atoms with Crippen LogP contribution in [0.25, 0.3) is 0 Å². The second-order valence-electron chi connectivity index (χ2n) is 9.18. The first-order valence-electron chi connectivity index (χ1n) is 11.2. The van der Waals surface area contributed by atoms with E-state index in [1.54, 1.807) is 0 Å². The van der Waals surface area contributed by atoms with Crippen LogP contribution >= 0.6 is 0 Å². The molecule has 1 amide bonds. The van der Waals surface area contributed by atoms with E-state index in [-0.39, 0.29) is 24.0 Å². The number of nitrogens with zero attached hydrogens (tertiary/aromatic N) is 2. The number of carbonyl (C=O) groups is 2. The highest BCUT2D eigenvalue weighted by Gasteiger charge is 2.45. The first-order valence-corrected chi connectivity index (χ1v) is 11.2. The predicted molar refractivity (Wildman–Crippen MR) is 120 cm³/mol. The van der Waals surface area contributed by atoms with Gasteiger partial charge in [0.05, 0.1) is 0 Å². The first-order chi connectivity index (χ1) is 14.2. The highest BCUT2D eigenvalue weighted by Crippen LogP contribution is 2.34. The Kier molecular flexibility index (Phi) is 7.19. The van der Waals surface area contributed by atoms with E-state index in [0.717, 1.165) is 62.0 Å². The van der Waals surface area contributed by atoms with E-state index in [2.05, 4.69) is 15.1 Å². The number of anilines is 1. The highest BCUT2D eigenvalue weighted by atomic mass is 16.5. The number of likely N-dealkylation sites (tertiary alicyclic amines) is 1. The molecule has 1 N–H and O–H groups in total. The van der Waals surface area contributed by atoms with E-state index in [1.165, 1.54) is 13.3 Å². The zero-order valence-electron chi connectivity index (χ0n) is 19.2. The molecule has 1 saturated heterocycles. The number of piperidine rings is 1. The summed E-state index contributed by atoms with van der Waals surface area (Å²) in [6, 6.07) is 6.35. The third-order valence-electron chi connectivity index (χ3n) is 7.08. The Morgan fingerprint density at radius 1 is 1.10 bits per heavy atom. The van der Waals surface area contributed by atoms with Gasteiger partial charge in [-0.2, -0.15) is 0 Å². The Morgan fingerprint density at radius 3 is 2.27 bits per heavy atom. The van der Waals surface area contributed by atoms with Crippen LogP contribution in [-0.2, 0) is 14.3 Å². The highest BCUT2D eigenvalue weighted by molar-refractivity contribution is 5.99. The lowest BCUT2D eigenvalue weighted by Gasteiger charge is -2.48. The maximum absolute atomic E-state index is 13.5.